The number of ether oxygens (including phenoxy) is 1. The number of nitrogens with zero attached hydrogens (tertiary/aromatic N) is 5. The lowest BCUT2D eigenvalue weighted by atomic mass is 10.0. The average Bonchev–Trinajstić information content (AvgIpc) is 3.79. The van der Waals surface area contributed by atoms with Crippen molar-refractivity contribution in [3.05, 3.63) is 94.6 Å². The number of amides is 1. The summed E-state index contributed by atoms with van der Waals surface area (Å²) in [5.74, 6) is 2.31. The summed E-state index contributed by atoms with van der Waals surface area (Å²) < 4.78 is 13.2. The van der Waals surface area contributed by atoms with E-state index in [1.807, 2.05) is 52.4 Å². The molecule has 210 valence electrons. The number of nitrogens with one attached hydrogen (secondary N) is 1. The number of thioether (sulfide) groups is 1. The van der Waals surface area contributed by atoms with Crippen LogP contribution in [0.2, 0.25) is 0 Å². The Balaban J connectivity index is 1.08. The summed E-state index contributed by atoms with van der Waals surface area (Å²) in [5, 5.41) is 15.4. The van der Waals surface area contributed by atoms with Crippen LogP contribution < -0.4 is 10.1 Å². The van der Waals surface area contributed by atoms with Gasteiger partial charge < -0.3 is 14.5 Å². The van der Waals surface area contributed by atoms with Crippen LogP contribution in [0, 0.1) is 0 Å². The highest BCUT2D eigenvalue weighted by atomic mass is 32.2. The van der Waals surface area contributed by atoms with E-state index in [0.717, 1.165) is 43.2 Å². The number of thiazole rings is 1. The largest absolute Gasteiger partial charge is 0.495 e. The summed E-state index contributed by atoms with van der Waals surface area (Å²) in [5.41, 5.74) is 2.59. The molecule has 1 amide bonds. The molecule has 4 heterocycles. The van der Waals surface area contributed by atoms with Gasteiger partial charge in [0.25, 0.3) is 5.91 Å². The number of hydrogen-bond acceptors (Lipinski definition) is 9. The van der Waals surface area contributed by atoms with Gasteiger partial charge in [0.2, 0.25) is 5.82 Å². The van der Waals surface area contributed by atoms with E-state index in [4.69, 9.17) is 9.15 Å². The second-order valence-corrected chi connectivity index (χ2v) is 11.6. The Morgan fingerprint density at radius 1 is 1.07 bits per heavy atom. The summed E-state index contributed by atoms with van der Waals surface area (Å²) in [6, 6.07) is 22.1. The fourth-order valence-electron chi connectivity index (χ4n) is 4.90. The number of methoxy groups -OCH3 is 1. The Morgan fingerprint density at radius 2 is 1.88 bits per heavy atom. The van der Waals surface area contributed by atoms with E-state index in [-0.39, 0.29) is 11.9 Å². The molecule has 5 aromatic rings. The van der Waals surface area contributed by atoms with E-state index in [9.17, 15) is 4.79 Å². The van der Waals surface area contributed by atoms with E-state index in [2.05, 4.69) is 49.7 Å². The molecule has 0 spiro atoms. The predicted molar refractivity (Wildman–Crippen MR) is 159 cm³/mol. The number of likely N-dealkylation sites (tertiary alicyclic amines) is 1. The molecule has 2 aromatic carbocycles. The first-order valence-electron chi connectivity index (χ1n) is 13.4. The van der Waals surface area contributed by atoms with Gasteiger partial charge in [-0.3, -0.25) is 14.3 Å². The highest BCUT2D eigenvalue weighted by Gasteiger charge is 2.23. The van der Waals surface area contributed by atoms with Crippen molar-refractivity contribution in [1.82, 2.24) is 30.0 Å². The molecule has 9 nitrogen and oxygen atoms in total. The second kappa shape index (κ2) is 12.7. The first-order valence-corrected chi connectivity index (χ1v) is 15.3. The number of piperidine rings is 1. The van der Waals surface area contributed by atoms with Crippen LogP contribution in [-0.4, -0.2) is 56.8 Å². The highest BCUT2D eigenvalue weighted by Crippen LogP contribution is 2.34. The van der Waals surface area contributed by atoms with Crippen LogP contribution in [0.4, 0.5) is 0 Å². The molecule has 1 aliphatic heterocycles. The van der Waals surface area contributed by atoms with Gasteiger partial charge in [0.1, 0.15) is 16.5 Å². The molecule has 0 saturated carbocycles. The molecule has 1 fully saturated rings. The molecule has 0 bridgehead atoms. The zero-order valence-corrected chi connectivity index (χ0v) is 24.2. The van der Waals surface area contributed by atoms with E-state index < -0.39 is 0 Å². The lowest BCUT2D eigenvalue weighted by Crippen LogP contribution is -2.44. The van der Waals surface area contributed by atoms with Crippen molar-refractivity contribution in [2.24, 2.45) is 0 Å². The van der Waals surface area contributed by atoms with Gasteiger partial charge in [-0.05, 0) is 42.7 Å². The Hall–Kier alpha value is -3.93. The van der Waals surface area contributed by atoms with Crippen LogP contribution in [0.5, 0.6) is 5.75 Å². The first kappa shape index (κ1) is 27.3. The lowest BCUT2D eigenvalue weighted by molar-refractivity contribution is 0.0904. The Morgan fingerprint density at radius 3 is 2.66 bits per heavy atom. The van der Waals surface area contributed by atoms with Gasteiger partial charge in [-0.2, -0.15) is 0 Å². The molecule has 0 aliphatic carbocycles. The summed E-state index contributed by atoms with van der Waals surface area (Å²) >= 11 is 2.97. The van der Waals surface area contributed by atoms with Crippen LogP contribution in [0.25, 0.3) is 17.3 Å². The van der Waals surface area contributed by atoms with Gasteiger partial charge in [0.05, 0.1) is 24.8 Å². The van der Waals surface area contributed by atoms with Crippen molar-refractivity contribution in [3.63, 3.8) is 0 Å². The standard InChI is InChI=1S/C30H30N6O3S2/c1-38-25-11-6-5-10-24(25)36-28(26-12-7-17-39-26)33-34-30(36)41-20-27-32-23(19-40-27)29(37)31-22-13-15-35(16-14-22)18-21-8-3-2-4-9-21/h2-12,17,19,22H,13-16,18,20H2,1H3,(H,31,37). The maximum atomic E-state index is 13.0. The van der Waals surface area contributed by atoms with Crippen molar-refractivity contribution in [3.8, 4) is 23.0 Å². The zero-order chi connectivity index (χ0) is 28.0. The van der Waals surface area contributed by atoms with Gasteiger partial charge in [-0.15, -0.1) is 21.5 Å². The third-order valence-corrected chi connectivity index (χ3v) is 8.95. The van der Waals surface area contributed by atoms with Crippen molar-refractivity contribution in [2.45, 2.75) is 36.3 Å². The van der Waals surface area contributed by atoms with Gasteiger partial charge in [-0.1, -0.05) is 54.2 Å². The normalized spacial score (nSPS) is 14.3. The van der Waals surface area contributed by atoms with Crippen molar-refractivity contribution >= 4 is 29.0 Å². The van der Waals surface area contributed by atoms with E-state index in [1.165, 1.54) is 28.7 Å². The molecule has 1 aliphatic rings. The number of furan rings is 1. The van der Waals surface area contributed by atoms with E-state index in [1.54, 1.807) is 13.4 Å². The molecular formula is C30H30N6O3S2. The fraction of sp³-hybridized carbons (Fsp3) is 0.267. The quantitative estimate of drug-likeness (QED) is 0.209. The van der Waals surface area contributed by atoms with E-state index >= 15 is 0 Å². The van der Waals surface area contributed by atoms with E-state index in [0.29, 0.717) is 33.9 Å². The second-order valence-electron chi connectivity index (χ2n) is 9.72. The zero-order valence-electron chi connectivity index (χ0n) is 22.6. The molecule has 3 aromatic heterocycles. The summed E-state index contributed by atoms with van der Waals surface area (Å²) in [4.78, 5) is 20.0. The highest BCUT2D eigenvalue weighted by molar-refractivity contribution is 7.98. The molecule has 1 N–H and O–H groups in total. The SMILES string of the molecule is COc1ccccc1-n1c(SCc2nc(C(=O)NC3CCN(Cc4ccccc4)CC3)cs2)nnc1-c1ccco1. The number of carbonyl (C=O) groups is 1. The first-order chi connectivity index (χ1) is 20.2. The molecular weight excluding hydrogens is 557 g/mol. The maximum Gasteiger partial charge on any atom is 0.270 e. The molecule has 6 rings (SSSR count). The number of aromatic nitrogens is 4. The summed E-state index contributed by atoms with van der Waals surface area (Å²) in [6.07, 6.45) is 3.48. The van der Waals surface area contributed by atoms with Crippen molar-refractivity contribution in [1.29, 1.82) is 0 Å². The van der Waals surface area contributed by atoms with Gasteiger partial charge in [0.15, 0.2) is 10.9 Å². The molecule has 0 atom stereocenters. The number of rotatable bonds is 10. The van der Waals surface area contributed by atoms with Crippen molar-refractivity contribution in [2.75, 3.05) is 20.2 Å². The van der Waals surface area contributed by atoms with Crippen LogP contribution >= 0.6 is 23.1 Å². The van der Waals surface area contributed by atoms with Crippen LogP contribution in [0.1, 0.15) is 33.9 Å². The molecule has 41 heavy (non-hydrogen) atoms. The number of para-hydroxylation sites is 2. The number of benzene rings is 2. The number of hydrogen-bond donors (Lipinski definition) is 1. The fourth-order valence-corrected chi connectivity index (χ4v) is 6.64. The molecule has 0 unspecified atom stereocenters. The smallest absolute Gasteiger partial charge is 0.270 e. The predicted octanol–water partition coefficient (Wildman–Crippen LogP) is 5.68. The Bertz CT molecular complexity index is 1580. The van der Waals surface area contributed by atoms with Crippen LogP contribution in [-0.2, 0) is 12.3 Å². The minimum atomic E-state index is -0.115. The summed E-state index contributed by atoms with van der Waals surface area (Å²) in [6.45, 7) is 2.87. The maximum absolute atomic E-state index is 13.0. The minimum absolute atomic E-state index is 0.115. The van der Waals surface area contributed by atoms with Gasteiger partial charge >= 0.3 is 0 Å². The molecule has 0 radical (unpaired) electrons. The third kappa shape index (κ3) is 6.37. The average molecular weight is 587 g/mol. The van der Waals surface area contributed by atoms with Crippen LogP contribution in [0.15, 0.2) is 87.9 Å². The lowest BCUT2D eigenvalue weighted by Gasteiger charge is -2.32. The Labute approximate surface area is 246 Å². The third-order valence-electron chi connectivity index (χ3n) is 6.98. The summed E-state index contributed by atoms with van der Waals surface area (Å²) in [7, 11) is 1.64. The monoisotopic (exact) mass is 586 g/mol. The van der Waals surface area contributed by atoms with Crippen LogP contribution in [0.3, 0.4) is 0 Å². The topological polar surface area (TPSA) is 98.3 Å². The number of carbonyl (C=O) groups excluding carboxylic acids is 1. The molecule has 1 saturated heterocycles. The van der Waals surface area contributed by atoms with Gasteiger partial charge in [-0.25, -0.2) is 4.98 Å². The van der Waals surface area contributed by atoms with Crippen molar-refractivity contribution < 1.29 is 13.9 Å². The molecule has 11 heteroatoms. The van der Waals surface area contributed by atoms with Gasteiger partial charge in [0, 0.05) is 31.1 Å². The minimum Gasteiger partial charge on any atom is -0.495 e. The Kier molecular flexibility index (Phi) is 8.45.